The zero-order valence-corrected chi connectivity index (χ0v) is 22.9. The number of carbonyl (C=O) groups excluding carboxylic acids is 2. The summed E-state index contributed by atoms with van der Waals surface area (Å²) in [5.41, 5.74) is 0.967. The molecule has 1 aliphatic heterocycles. The molecule has 2 aromatic carbocycles. The van der Waals surface area contributed by atoms with Crippen molar-refractivity contribution in [1.29, 1.82) is 0 Å². The van der Waals surface area contributed by atoms with Gasteiger partial charge in [-0.3, -0.25) is 14.3 Å². The Morgan fingerprint density at radius 2 is 1.80 bits per heavy atom. The van der Waals surface area contributed by atoms with E-state index in [0.717, 1.165) is 28.4 Å². The molecule has 4 aromatic rings. The molecule has 2 amide bonds. The van der Waals surface area contributed by atoms with E-state index in [-0.39, 0.29) is 29.7 Å². The molecule has 2 aliphatic rings. The number of alkyl halides is 6. The zero-order chi connectivity index (χ0) is 31.4. The highest BCUT2D eigenvalue weighted by molar-refractivity contribution is 6.07. The Bertz CT molecular complexity index is 1780. The van der Waals surface area contributed by atoms with Crippen molar-refractivity contribution in [2.24, 2.45) is 0 Å². The second-order valence-electron chi connectivity index (χ2n) is 10.7. The van der Waals surface area contributed by atoms with Crippen LogP contribution in [0.5, 0.6) is 0 Å². The van der Waals surface area contributed by atoms with Crippen LogP contribution in [0.2, 0.25) is 0 Å². The number of nitrogens with zero attached hydrogens (tertiary/aromatic N) is 5. The minimum atomic E-state index is -4.60. The van der Waals surface area contributed by atoms with Crippen LogP contribution >= 0.6 is 0 Å². The zero-order valence-electron chi connectivity index (χ0n) is 22.9. The fraction of sp³-hybridized carbons (Fsp3) is 0.276. The maximum atomic E-state index is 13.8. The van der Waals surface area contributed by atoms with Crippen molar-refractivity contribution >= 4 is 34.8 Å². The number of anilines is 4. The Morgan fingerprint density at radius 3 is 2.50 bits per heavy atom. The summed E-state index contributed by atoms with van der Waals surface area (Å²) in [5.74, 6) is -0.840. The van der Waals surface area contributed by atoms with E-state index in [0.29, 0.717) is 35.5 Å². The third kappa shape index (κ3) is 5.68. The Labute approximate surface area is 245 Å². The summed E-state index contributed by atoms with van der Waals surface area (Å²) in [6.07, 6.45) is -4.02. The number of hydrogen-bond acceptors (Lipinski definition) is 6. The second-order valence-corrected chi connectivity index (χ2v) is 10.7. The van der Waals surface area contributed by atoms with E-state index in [1.165, 1.54) is 18.5 Å². The molecule has 2 N–H and O–H groups in total. The number of rotatable bonds is 6. The molecule has 6 rings (SSSR count). The van der Waals surface area contributed by atoms with Gasteiger partial charge in [0, 0.05) is 34.9 Å². The van der Waals surface area contributed by atoms with Gasteiger partial charge in [0.1, 0.15) is 6.54 Å². The fourth-order valence-corrected chi connectivity index (χ4v) is 5.21. The van der Waals surface area contributed by atoms with Gasteiger partial charge in [0.05, 0.1) is 35.1 Å². The predicted molar refractivity (Wildman–Crippen MR) is 146 cm³/mol. The fourth-order valence-electron chi connectivity index (χ4n) is 5.21. The molecule has 44 heavy (non-hydrogen) atoms. The smallest absolute Gasteiger partial charge is 0.322 e. The number of hydrogen-bond donors (Lipinski definition) is 2. The number of benzene rings is 2. The van der Waals surface area contributed by atoms with Crippen LogP contribution in [0.3, 0.4) is 0 Å². The summed E-state index contributed by atoms with van der Waals surface area (Å²) < 4.78 is 78.1. The van der Waals surface area contributed by atoms with Crippen LogP contribution in [0.15, 0.2) is 61.1 Å². The first kappa shape index (κ1) is 29.1. The molecule has 2 aromatic heterocycles. The number of carbonyl (C=O) groups is 2. The second kappa shape index (κ2) is 10.3. The van der Waals surface area contributed by atoms with Crippen LogP contribution in [0, 0.1) is 6.92 Å². The monoisotopic (exact) mass is 615 g/mol. The quantitative estimate of drug-likeness (QED) is 0.253. The molecule has 0 saturated heterocycles. The maximum Gasteiger partial charge on any atom is 0.416 e. The first-order chi connectivity index (χ1) is 20.7. The van der Waals surface area contributed by atoms with Crippen molar-refractivity contribution in [2.45, 2.75) is 50.6 Å². The molecule has 1 fully saturated rings. The molecule has 0 unspecified atom stereocenters. The SMILES string of the molecule is Cc1ccc(NC(=O)c2cccc(C(F)(F)F)c2)cc1N1Cc2cnc(Nc3cnn(CC(F)(F)F)c3)nc2C2(CC2)C1=O. The molecule has 9 nitrogen and oxygen atoms in total. The molecule has 3 heterocycles. The van der Waals surface area contributed by atoms with Crippen LogP contribution in [0.25, 0.3) is 0 Å². The lowest BCUT2D eigenvalue weighted by atomic mass is 9.91. The number of amides is 2. The van der Waals surface area contributed by atoms with Crippen molar-refractivity contribution in [3.8, 4) is 0 Å². The van der Waals surface area contributed by atoms with E-state index in [2.05, 4.69) is 25.7 Å². The first-order valence-electron chi connectivity index (χ1n) is 13.4. The lowest BCUT2D eigenvalue weighted by Gasteiger charge is -2.34. The number of halogens is 6. The summed E-state index contributed by atoms with van der Waals surface area (Å²) in [5, 5.41) is 9.15. The van der Waals surface area contributed by atoms with Gasteiger partial charge in [0.2, 0.25) is 11.9 Å². The van der Waals surface area contributed by atoms with E-state index in [9.17, 15) is 35.9 Å². The standard InChI is InChI=1S/C29H23F6N7O2/c1-16-5-6-20(38-24(43)17-3-2-4-19(9-17)29(33,34)35)10-22(16)42-13-18-11-36-26(40-23(18)27(7-8-27)25(42)44)39-21-12-37-41(14-21)15-28(30,31)32/h2-6,9-12,14H,7-8,13,15H2,1H3,(H,38,43)(H,36,39,40). The molecule has 1 aliphatic carbocycles. The van der Waals surface area contributed by atoms with E-state index in [1.807, 2.05) is 0 Å². The van der Waals surface area contributed by atoms with E-state index in [1.54, 1.807) is 36.2 Å². The number of aromatic nitrogens is 4. The molecule has 0 radical (unpaired) electrons. The summed E-state index contributed by atoms with van der Waals surface area (Å²) >= 11 is 0. The molecule has 0 bridgehead atoms. The van der Waals surface area contributed by atoms with Gasteiger partial charge in [-0.15, -0.1) is 0 Å². The molecule has 1 saturated carbocycles. The summed E-state index contributed by atoms with van der Waals surface area (Å²) in [7, 11) is 0. The van der Waals surface area contributed by atoms with Gasteiger partial charge in [-0.25, -0.2) is 9.97 Å². The third-order valence-electron chi connectivity index (χ3n) is 7.49. The van der Waals surface area contributed by atoms with E-state index >= 15 is 0 Å². The van der Waals surface area contributed by atoms with Gasteiger partial charge in [-0.2, -0.15) is 31.4 Å². The van der Waals surface area contributed by atoms with Crippen LogP contribution in [-0.4, -0.2) is 37.7 Å². The normalized spacial score (nSPS) is 15.7. The predicted octanol–water partition coefficient (Wildman–Crippen LogP) is 6.14. The van der Waals surface area contributed by atoms with Crippen molar-refractivity contribution in [3.05, 3.63) is 89.0 Å². The minimum Gasteiger partial charge on any atom is -0.322 e. The molecular formula is C29H23F6N7O2. The third-order valence-corrected chi connectivity index (χ3v) is 7.49. The van der Waals surface area contributed by atoms with Crippen molar-refractivity contribution in [3.63, 3.8) is 0 Å². The number of fused-ring (bicyclic) bond motifs is 2. The van der Waals surface area contributed by atoms with Gasteiger partial charge >= 0.3 is 12.4 Å². The highest BCUT2D eigenvalue weighted by atomic mass is 19.4. The highest BCUT2D eigenvalue weighted by Crippen LogP contribution is 2.53. The molecule has 0 atom stereocenters. The molecule has 15 heteroatoms. The van der Waals surface area contributed by atoms with Crippen LogP contribution in [0.4, 0.5) is 49.4 Å². The summed E-state index contributed by atoms with van der Waals surface area (Å²) in [6.45, 7) is 0.660. The van der Waals surface area contributed by atoms with Gasteiger partial charge in [0.15, 0.2) is 0 Å². The largest absolute Gasteiger partial charge is 0.416 e. The lowest BCUT2D eigenvalue weighted by molar-refractivity contribution is -0.142. The average Bonchev–Trinajstić information content (AvgIpc) is 3.65. The van der Waals surface area contributed by atoms with Gasteiger partial charge in [-0.1, -0.05) is 12.1 Å². The Morgan fingerprint density at radius 1 is 1.02 bits per heavy atom. The molecule has 1 spiro atoms. The maximum absolute atomic E-state index is 13.8. The van der Waals surface area contributed by atoms with Gasteiger partial charge < -0.3 is 15.5 Å². The Hall–Kier alpha value is -4.95. The number of aryl methyl sites for hydroxylation is 1. The summed E-state index contributed by atoms with van der Waals surface area (Å²) in [4.78, 5) is 37.1. The van der Waals surface area contributed by atoms with Crippen molar-refractivity contribution in [1.82, 2.24) is 19.7 Å². The van der Waals surface area contributed by atoms with Gasteiger partial charge in [-0.05, 0) is 55.7 Å². The molecule has 228 valence electrons. The van der Waals surface area contributed by atoms with Crippen molar-refractivity contribution < 1.29 is 35.9 Å². The van der Waals surface area contributed by atoms with Crippen molar-refractivity contribution in [2.75, 3.05) is 15.5 Å². The average molecular weight is 616 g/mol. The minimum absolute atomic E-state index is 0.110. The highest BCUT2D eigenvalue weighted by Gasteiger charge is 2.58. The Balaban J connectivity index is 1.23. The topological polar surface area (TPSA) is 105 Å². The van der Waals surface area contributed by atoms with Gasteiger partial charge in [0.25, 0.3) is 5.91 Å². The van der Waals surface area contributed by atoms with E-state index < -0.39 is 35.8 Å². The lowest BCUT2D eigenvalue weighted by Crippen LogP contribution is -2.45. The van der Waals surface area contributed by atoms with Crippen LogP contribution < -0.4 is 15.5 Å². The first-order valence-corrected chi connectivity index (χ1v) is 13.4. The van der Waals surface area contributed by atoms with E-state index in [4.69, 9.17) is 0 Å². The molecular weight excluding hydrogens is 592 g/mol. The van der Waals surface area contributed by atoms with Crippen LogP contribution in [-0.2, 0) is 29.5 Å². The number of nitrogens with one attached hydrogen (secondary N) is 2. The van der Waals surface area contributed by atoms with Crippen LogP contribution in [0.1, 0.15) is 45.6 Å². The summed E-state index contributed by atoms with van der Waals surface area (Å²) in [6, 6.07) is 8.96. The Kier molecular flexibility index (Phi) is 6.85.